The van der Waals surface area contributed by atoms with Gasteiger partial charge in [0.15, 0.2) is 14.0 Å². The van der Waals surface area contributed by atoms with Crippen molar-refractivity contribution in [3.8, 4) is 0 Å². The fourth-order valence-corrected chi connectivity index (χ4v) is 3.58. The van der Waals surface area contributed by atoms with E-state index in [0.717, 1.165) is 10.9 Å². The van der Waals surface area contributed by atoms with E-state index in [0.29, 0.717) is 0 Å². The van der Waals surface area contributed by atoms with Crippen molar-refractivity contribution in [2.75, 3.05) is 6.61 Å². The highest BCUT2D eigenvalue weighted by Crippen LogP contribution is 2.38. The predicted molar refractivity (Wildman–Crippen MR) is 90.9 cm³/mol. The van der Waals surface area contributed by atoms with E-state index in [-0.39, 0.29) is 18.2 Å². The number of carbonyl (C=O) groups excluding carboxylic acids is 1. The lowest BCUT2D eigenvalue weighted by Gasteiger charge is -2.38. The first-order valence-electron chi connectivity index (χ1n) is 8.18. The summed E-state index contributed by atoms with van der Waals surface area (Å²) in [6.45, 7) is 13.4. The highest BCUT2D eigenvalue weighted by Gasteiger charge is 2.42. The maximum absolute atomic E-state index is 13.4. The second kappa shape index (κ2) is 7.49. The molecule has 0 unspecified atom stereocenters. The number of hydrogen-bond acceptors (Lipinski definition) is 4. The maximum Gasteiger partial charge on any atom is 0.433 e. The van der Waals surface area contributed by atoms with E-state index < -0.39 is 37.8 Å². The zero-order valence-corrected chi connectivity index (χ0v) is 16.8. The third-order valence-electron chi connectivity index (χ3n) is 4.34. The Kier molecular flexibility index (Phi) is 6.50. The molecule has 0 radical (unpaired) electrons. The normalized spacial score (nSPS) is 14.5. The lowest BCUT2D eigenvalue weighted by Crippen LogP contribution is -2.44. The molecular weight excluding hydrogens is 353 g/mol. The fraction of sp³-hybridized carbons (Fsp3) is 0.750. The van der Waals surface area contributed by atoms with Crippen molar-refractivity contribution in [1.82, 2.24) is 9.78 Å². The topological polar surface area (TPSA) is 53.3 Å². The van der Waals surface area contributed by atoms with Crippen LogP contribution in [0.2, 0.25) is 18.1 Å². The average Bonchev–Trinajstić information content (AvgIpc) is 2.80. The van der Waals surface area contributed by atoms with Crippen molar-refractivity contribution in [3.63, 3.8) is 0 Å². The van der Waals surface area contributed by atoms with Crippen molar-refractivity contribution in [2.45, 2.75) is 71.6 Å². The number of esters is 1. The number of ether oxygens (including phenoxy) is 1. The van der Waals surface area contributed by atoms with Crippen molar-refractivity contribution < 1.29 is 27.1 Å². The van der Waals surface area contributed by atoms with Gasteiger partial charge >= 0.3 is 12.1 Å². The van der Waals surface area contributed by atoms with Gasteiger partial charge in [-0.2, -0.15) is 18.3 Å². The zero-order valence-electron chi connectivity index (χ0n) is 15.8. The Hall–Kier alpha value is -1.35. The van der Waals surface area contributed by atoms with Crippen LogP contribution in [0.1, 0.15) is 50.7 Å². The molecule has 9 heteroatoms. The third-order valence-corrected chi connectivity index (χ3v) is 8.94. The molecule has 0 aliphatic carbocycles. The van der Waals surface area contributed by atoms with Gasteiger partial charge in [-0.25, -0.2) is 4.79 Å². The van der Waals surface area contributed by atoms with E-state index in [1.54, 1.807) is 6.92 Å². The molecule has 0 fully saturated rings. The summed E-state index contributed by atoms with van der Waals surface area (Å²) in [4.78, 5) is 11.8. The molecule has 144 valence electrons. The molecule has 0 aromatic carbocycles. The van der Waals surface area contributed by atoms with Crippen LogP contribution in [-0.4, -0.2) is 36.8 Å². The van der Waals surface area contributed by atoms with Crippen LogP contribution in [0, 0.1) is 0 Å². The smallest absolute Gasteiger partial charge is 0.433 e. The van der Waals surface area contributed by atoms with Gasteiger partial charge in [0.05, 0.1) is 25.5 Å². The minimum absolute atomic E-state index is 0.00774. The van der Waals surface area contributed by atoms with Crippen LogP contribution in [0.4, 0.5) is 13.2 Å². The van der Waals surface area contributed by atoms with Crippen molar-refractivity contribution in [2.24, 2.45) is 0 Å². The van der Waals surface area contributed by atoms with Crippen LogP contribution in [0.3, 0.4) is 0 Å². The van der Waals surface area contributed by atoms with E-state index in [9.17, 15) is 18.0 Å². The van der Waals surface area contributed by atoms with Crippen LogP contribution < -0.4 is 0 Å². The predicted octanol–water partition coefficient (Wildman–Crippen LogP) is 4.49. The minimum Gasteiger partial charge on any atom is -0.462 e. The summed E-state index contributed by atoms with van der Waals surface area (Å²) in [5.74, 6) is -1.03. The van der Waals surface area contributed by atoms with Gasteiger partial charge in [0, 0.05) is 0 Å². The fourth-order valence-electron chi connectivity index (χ4n) is 2.14. The largest absolute Gasteiger partial charge is 0.462 e. The second-order valence-electron chi connectivity index (χ2n) is 7.50. The quantitative estimate of drug-likeness (QED) is 0.539. The van der Waals surface area contributed by atoms with Crippen molar-refractivity contribution in [3.05, 3.63) is 17.5 Å². The molecule has 0 saturated carbocycles. The first-order valence-corrected chi connectivity index (χ1v) is 11.1. The molecule has 25 heavy (non-hydrogen) atoms. The summed E-state index contributed by atoms with van der Waals surface area (Å²) in [6, 6.07) is 0. The number of nitrogens with zero attached hydrogens (tertiary/aromatic N) is 2. The molecule has 0 saturated heterocycles. The van der Waals surface area contributed by atoms with Crippen LogP contribution in [0.15, 0.2) is 6.20 Å². The van der Waals surface area contributed by atoms with E-state index in [1.165, 1.54) is 6.92 Å². The van der Waals surface area contributed by atoms with Crippen LogP contribution in [-0.2, 0) is 21.9 Å². The van der Waals surface area contributed by atoms with Gasteiger partial charge in [-0.1, -0.05) is 20.8 Å². The molecule has 0 bridgehead atoms. The molecule has 0 N–H and O–H groups in total. The summed E-state index contributed by atoms with van der Waals surface area (Å²) in [5.41, 5.74) is -1.68. The van der Waals surface area contributed by atoms with Crippen LogP contribution in [0.25, 0.3) is 0 Å². The maximum atomic E-state index is 13.4. The molecule has 1 rings (SSSR count). The first-order chi connectivity index (χ1) is 11.2. The number of carbonyl (C=O) groups is 1. The van der Waals surface area contributed by atoms with E-state index in [1.807, 2.05) is 13.1 Å². The standard InChI is InChI=1S/C16H27F3N2O3Si/c1-8-23-14(22)12-9-20-21(13(12)16(17,18)19)10-11(2)24-25(6,7)15(3,4)5/h9,11H,8,10H2,1-7H3/t11-/m1/s1. The first kappa shape index (κ1) is 21.7. The van der Waals surface area contributed by atoms with Crippen molar-refractivity contribution >= 4 is 14.3 Å². The molecule has 0 aliphatic heterocycles. The molecule has 0 spiro atoms. The van der Waals surface area contributed by atoms with E-state index >= 15 is 0 Å². The molecule has 1 aromatic rings. The highest BCUT2D eigenvalue weighted by molar-refractivity contribution is 6.74. The summed E-state index contributed by atoms with van der Waals surface area (Å²) in [7, 11) is -2.13. The van der Waals surface area contributed by atoms with Gasteiger partial charge in [-0.3, -0.25) is 4.68 Å². The summed E-state index contributed by atoms with van der Waals surface area (Å²) in [5, 5.41) is 3.69. The van der Waals surface area contributed by atoms with Gasteiger partial charge in [-0.15, -0.1) is 0 Å². The Morgan fingerprint density at radius 2 is 1.88 bits per heavy atom. The average molecular weight is 380 g/mol. The molecule has 0 aliphatic rings. The third kappa shape index (κ3) is 5.31. The number of alkyl halides is 3. The SMILES string of the molecule is CCOC(=O)c1cnn(C[C@@H](C)O[Si](C)(C)C(C)(C)C)c1C(F)(F)F. The second-order valence-corrected chi connectivity index (χ2v) is 12.3. The number of rotatable bonds is 6. The summed E-state index contributed by atoms with van der Waals surface area (Å²) >= 11 is 0. The Labute approximate surface area is 147 Å². The lowest BCUT2D eigenvalue weighted by molar-refractivity contribution is -0.145. The Morgan fingerprint density at radius 1 is 1.32 bits per heavy atom. The van der Waals surface area contributed by atoms with Crippen LogP contribution >= 0.6 is 0 Å². The van der Waals surface area contributed by atoms with Gasteiger partial charge in [0.25, 0.3) is 0 Å². The molecule has 0 amide bonds. The minimum atomic E-state index is -4.71. The van der Waals surface area contributed by atoms with Gasteiger partial charge in [-0.05, 0) is 32.0 Å². The zero-order chi connectivity index (χ0) is 19.6. The molecular formula is C16H27F3N2O3Si. The number of hydrogen-bond donors (Lipinski definition) is 0. The van der Waals surface area contributed by atoms with Gasteiger partial charge in [0.1, 0.15) is 5.56 Å². The molecule has 5 nitrogen and oxygen atoms in total. The Morgan fingerprint density at radius 3 is 2.32 bits per heavy atom. The summed E-state index contributed by atoms with van der Waals surface area (Å²) in [6.07, 6.45) is -4.29. The van der Waals surface area contributed by atoms with Crippen molar-refractivity contribution in [1.29, 1.82) is 0 Å². The summed E-state index contributed by atoms with van der Waals surface area (Å²) < 4.78 is 51.8. The Balaban J connectivity index is 3.08. The molecule has 1 atom stereocenters. The molecule has 1 heterocycles. The number of aromatic nitrogens is 2. The van der Waals surface area contributed by atoms with Gasteiger partial charge in [0.2, 0.25) is 0 Å². The van der Waals surface area contributed by atoms with Crippen LogP contribution in [0.5, 0.6) is 0 Å². The van der Waals surface area contributed by atoms with E-state index in [4.69, 9.17) is 9.16 Å². The monoisotopic (exact) mass is 380 g/mol. The highest BCUT2D eigenvalue weighted by atomic mass is 28.4. The Bertz CT molecular complexity index is 607. The van der Waals surface area contributed by atoms with Gasteiger partial charge < -0.3 is 9.16 Å². The number of halogens is 3. The molecule has 1 aromatic heterocycles. The lowest BCUT2D eigenvalue weighted by atomic mass is 10.2. The van der Waals surface area contributed by atoms with E-state index in [2.05, 4.69) is 25.9 Å².